The van der Waals surface area contributed by atoms with Crippen molar-refractivity contribution in [2.24, 2.45) is 5.92 Å². The lowest BCUT2D eigenvalue weighted by atomic mass is 9.92. The van der Waals surface area contributed by atoms with Crippen LogP contribution in [0.25, 0.3) is 0 Å². The Morgan fingerprint density at radius 2 is 1.71 bits per heavy atom. The number of fused-ring (bicyclic) bond motifs is 1. The van der Waals surface area contributed by atoms with E-state index in [1.54, 1.807) is 23.9 Å². The van der Waals surface area contributed by atoms with Crippen LogP contribution in [-0.4, -0.2) is 42.6 Å². The molecule has 2 aliphatic heterocycles. The molecule has 2 aromatic carbocycles. The van der Waals surface area contributed by atoms with Crippen LogP contribution < -0.4 is 0 Å². The molecular weight excluding hydrogens is 376 g/mol. The summed E-state index contributed by atoms with van der Waals surface area (Å²) in [6.45, 7) is 2.43. The molecule has 3 unspecified atom stereocenters. The predicted molar refractivity (Wildman–Crippen MR) is 107 cm³/mol. The van der Waals surface area contributed by atoms with E-state index in [1.807, 2.05) is 61.7 Å². The van der Waals surface area contributed by atoms with Gasteiger partial charge in [0.2, 0.25) is 0 Å². The van der Waals surface area contributed by atoms with Crippen LogP contribution in [0.1, 0.15) is 29.1 Å². The molecule has 2 aromatic rings. The second-order valence-electron chi connectivity index (χ2n) is 7.05. The molecule has 0 amide bonds. The predicted octanol–water partition coefficient (Wildman–Crippen LogP) is 4.05. The minimum absolute atomic E-state index is 0.0153. The normalized spacial score (nSPS) is 32.4. The maximum atomic E-state index is 12.7. The highest BCUT2D eigenvalue weighted by atomic mass is 32.2. The van der Waals surface area contributed by atoms with Crippen LogP contribution >= 0.6 is 11.8 Å². The lowest BCUT2D eigenvalue weighted by Crippen LogP contribution is -2.59. The summed E-state index contributed by atoms with van der Waals surface area (Å²) < 4.78 is 24.3. The Labute approximate surface area is 169 Å². The van der Waals surface area contributed by atoms with Gasteiger partial charge in [0.25, 0.3) is 0 Å². The number of benzene rings is 2. The van der Waals surface area contributed by atoms with E-state index in [2.05, 4.69) is 0 Å². The van der Waals surface area contributed by atoms with Gasteiger partial charge in [-0.3, -0.25) is 0 Å². The number of hydrogen-bond acceptors (Lipinski definition) is 6. The van der Waals surface area contributed by atoms with Gasteiger partial charge in [-0.2, -0.15) is 0 Å². The van der Waals surface area contributed by atoms with Crippen molar-refractivity contribution in [3.8, 4) is 0 Å². The fraction of sp³-hybridized carbons (Fsp3) is 0.409. The molecule has 0 radical (unpaired) electrons. The van der Waals surface area contributed by atoms with Gasteiger partial charge in [0, 0.05) is 11.5 Å². The van der Waals surface area contributed by atoms with Crippen LogP contribution in [0.5, 0.6) is 0 Å². The third-order valence-electron chi connectivity index (χ3n) is 5.20. The average Bonchev–Trinajstić information content (AvgIpc) is 2.76. The lowest BCUT2D eigenvalue weighted by Gasteiger charge is -2.48. The van der Waals surface area contributed by atoms with E-state index < -0.39 is 12.4 Å². The summed E-state index contributed by atoms with van der Waals surface area (Å²) in [5.74, 6) is -0.359. The van der Waals surface area contributed by atoms with E-state index in [1.165, 1.54) is 0 Å². The van der Waals surface area contributed by atoms with E-state index in [0.717, 1.165) is 5.56 Å². The second kappa shape index (κ2) is 8.66. The van der Waals surface area contributed by atoms with Crippen LogP contribution in [0.3, 0.4) is 0 Å². The number of thioether (sulfide) groups is 1. The fourth-order valence-electron chi connectivity index (χ4n) is 3.70. The molecule has 2 fully saturated rings. The summed E-state index contributed by atoms with van der Waals surface area (Å²) in [4.78, 5) is 12.7. The third kappa shape index (κ3) is 3.96. The quantitative estimate of drug-likeness (QED) is 0.722. The zero-order valence-electron chi connectivity index (χ0n) is 15.9. The number of carbonyl (C=O) groups excluding carboxylic acids is 1. The summed E-state index contributed by atoms with van der Waals surface area (Å²) in [7, 11) is 0. The molecule has 0 bridgehead atoms. The molecule has 148 valence electrons. The molecule has 2 aliphatic rings. The van der Waals surface area contributed by atoms with Gasteiger partial charge in [0.05, 0.1) is 12.2 Å². The second-order valence-corrected chi connectivity index (χ2v) is 7.99. The molecule has 5 nitrogen and oxygen atoms in total. The fourth-order valence-corrected chi connectivity index (χ4v) is 4.54. The van der Waals surface area contributed by atoms with Crippen molar-refractivity contribution in [3.63, 3.8) is 0 Å². The van der Waals surface area contributed by atoms with E-state index >= 15 is 0 Å². The monoisotopic (exact) mass is 400 g/mol. The van der Waals surface area contributed by atoms with Crippen LogP contribution in [0.2, 0.25) is 0 Å². The summed E-state index contributed by atoms with van der Waals surface area (Å²) >= 11 is 1.61. The standard InChI is InChI=1S/C22H24O5S/c1-14-18(26-20(23)15-9-5-3-6-10-15)19-17(25-22(14)28-2)13-24-21(27-19)16-11-7-4-8-12-16/h3-12,14,17-19,21-22H,13H2,1-2H3/t14-,17?,18?,19+,21?,22-/m0/s1. The minimum atomic E-state index is -0.498. The maximum absolute atomic E-state index is 12.7. The smallest absolute Gasteiger partial charge is 0.338 e. The topological polar surface area (TPSA) is 54.0 Å². The molecule has 0 N–H and O–H groups in total. The number of carbonyl (C=O) groups is 1. The Balaban J connectivity index is 1.56. The van der Waals surface area contributed by atoms with Gasteiger partial charge in [0.15, 0.2) is 6.29 Å². The van der Waals surface area contributed by atoms with Crippen LogP contribution in [0.4, 0.5) is 0 Å². The van der Waals surface area contributed by atoms with Gasteiger partial charge < -0.3 is 18.9 Å². The number of rotatable bonds is 4. The maximum Gasteiger partial charge on any atom is 0.338 e. The summed E-state index contributed by atoms with van der Waals surface area (Å²) in [6, 6.07) is 18.8. The molecule has 6 atom stereocenters. The Morgan fingerprint density at radius 1 is 1.04 bits per heavy atom. The lowest BCUT2D eigenvalue weighted by molar-refractivity contribution is -0.310. The highest BCUT2D eigenvalue weighted by molar-refractivity contribution is 7.99. The zero-order valence-corrected chi connectivity index (χ0v) is 16.7. The van der Waals surface area contributed by atoms with Crippen molar-refractivity contribution in [1.29, 1.82) is 0 Å². The van der Waals surface area contributed by atoms with Gasteiger partial charge in [-0.1, -0.05) is 55.5 Å². The van der Waals surface area contributed by atoms with Crippen molar-refractivity contribution >= 4 is 17.7 Å². The first-order valence-corrected chi connectivity index (χ1v) is 10.7. The van der Waals surface area contributed by atoms with Crippen molar-refractivity contribution in [3.05, 3.63) is 71.8 Å². The Kier molecular flexibility index (Phi) is 6.01. The largest absolute Gasteiger partial charge is 0.455 e. The van der Waals surface area contributed by atoms with E-state index in [-0.39, 0.29) is 29.5 Å². The highest BCUT2D eigenvalue weighted by Gasteiger charge is 2.50. The molecule has 6 heteroatoms. The Morgan fingerprint density at radius 3 is 2.39 bits per heavy atom. The zero-order chi connectivity index (χ0) is 19.5. The van der Waals surface area contributed by atoms with Crippen LogP contribution in [-0.2, 0) is 18.9 Å². The van der Waals surface area contributed by atoms with Crippen LogP contribution in [0.15, 0.2) is 60.7 Å². The first-order chi connectivity index (χ1) is 13.7. The number of esters is 1. The van der Waals surface area contributed by atoms with Crippen molar-refractivity contribution < 1.29 is 23.7 Å². The minimum Gasteiger partial charge on any atom is -0.455 e. The third-order valence-corrected chi connectivity index (χ3v) is 6.20. The molecule has 2 saturated heterocycles. The number of hydrogen-bond donors (Lipinski definition) is 0. The van der Waals surface area contributed by atoms with Crippen LogP contribution in [0, 0.1) is 5.92 Å². The molecule has 0 aromatic heterocycles. The molecule has 0 saturated carbocycles. The van der Waals surface area contributed by atoms with Gasteiger partial charge in [0.1, 0.15) is 23.7 Å². The van der Waals surface area contributed by atoms with Gasteiger partial charge in [-0.05, 0) is 18.4 Å². The highest BCUT2D eigenvalue weighted by Crippen LogP contribution is 2.40. The Hall–Kier alpha value is -1.86. The first-order valence-electron chi connectivity index (χ1n) is 9.43. The van der Waals surface area contributed by atoms with Gasteiger partial charge in [-0.15, -0.1) is 11.8 Å². The summed E-state index contributed by atoms with van der Waals surface area (Å²) in [5, 5.41) is 0. The molecule has 4 rings (SSSR count). The van der Waals surface area contributed by atoms with E-state index in [0.29, 0.717) is 12.2 Å². The van der Waals surface area contributed by atoms with Crippen molar-refractivity contribution in [1.82, 2.24) is 0 Å². The molecule has 0 spiro atoms. The SMILES string of the molecule is CS[C@@H]1OC2COC(c3ccccc3)O[C@H]2C(OC(=O)c2ccccc2)[C@@H]1C. The Bertz CT molecular complexity index is 784. The summed E-state index contributed by atoms with van der Waals surface area (Å²) in [5.41, 5.74) is 1.38. The van der Waals surface area contributed by atoms with Gasteiger partial charge >= 0.3 is 5.97 Å². The van der Waals surface area contributed by atoms with E-state index in [9.17, 15) is 4.79 Å². The molecular formula is C22H24O5S. The average molecular weight is 400 g/mol. The summed E-state index contributed by atoms with van der Waals surface area (Å²) in [6.07, 6.45) is 0.419. The first kappa shape index (κ1) is 19.5. The van der Waals surface area contributed by atoms with Gasteiger partial charge in [-0.25, -0.2) is 4.79 Å². The molecule has 2 heterocycles. The van der Waals surface area contributed by atoms with Crippen molar-refractivity contribution in [2.45, 2.75) is 37.0 Å². The molecule has 28 heavy (non-hydrogen) atoms. The number of ether oxygens (including phenoxy) is 4. The van der Waals surface area contributed by atoms with E-state index in [4.69, 9.17) is 18.9 Å². The van der Waals surface area contributed by atoms with Crippen molar-refractivity contribution in [2.75, 3.05) is 12.9 Å². The molecule has 0 aliphatic carbocycles.